The minimum atomic E-state index is -5.09. The first-order valence-electron chi connectivity index (χ1n) is 9.86. The maximum atomic E-state index is 14.6. The van der Waals surface area contributed by atoms with E-state index in [9.17, 15) is 32.3 Å². The molecule has 1 aliphatic rings. The van der Waals surface area contributed by atoms with Crippen molar-refractivity contribution < 1.29 is 41.7 Å². The van der Waals surface area contributed by atoms with Crippen LogP contribution in [0.15, 0.2) is 48.8 Å². The monoisotopic (exact) mass is 479 g/mol. The molecule has 1 atom stereocenters. The van der Waals surface area contributed by atoms with Crippen LogP contribution in [0.1, 0.15) is 38.5 Å². The van der Waals surface area contributed by atoms with E-state index in [1.165, 1.54) is 36.1 Å². The number of halogens is 4. The van der Waals surface area contributed by atoms with Crippen molar-refractivity contribution in [2.75, 3.05) is 6.61 Å². The fourth-order valence-corrected chi connectivity index (χ4v) is 3.88. The maximum Gasteiger partial charge on any atom is 0.573 e. The summed E-state index contributed by atoms with van der Waals surface area (Å²) in [6.07, 6.45) is -2.28. The average molecular weight is 479 g/mol. The van der Waals surface area contributed by atoms with Gasteiger partial charge in [-0.25, -0.2) is 9.18 Å². The summed E-state index contributed by atoms with van der Waals surface area (Å²) in [6, 6.07) is 7.19. The summed E-state index contributed by atoms with van der Waals surface area (Å²) in [7, 11) is 1.45. The lowest BCUT2D eigenvalue weighted by atomic mass is 9.81. The molecule has 1 amide bonds. The number of aromatic nitrogens is 2. The molecule has 12 heteroatoms. The third kappa shape index (κ3) is 4.26. The first kappa shape index (κ1) is 23.1. The second-order valence-electron chi connectivity index (χ2n) is 7.53. The Kier molecular flexibility index (Phi) is 5.67. The summed E-state index contributed by atoms with van der Waals surface area (Å²) < 4.78 is 62.9. The minimum absolute atomic E-state index is 0.0146. The van der Waals surface area contributed by atoms with E-state index in [0.29, 0.717) is 5.75 Å². The number of nitrogens with zero attached hydrogens (tertiary/aromatic N) is 2. The molecule has 1 aromatic carbocycles. The molecule has 0 bridgehead atoms. The number of hydrogen-bond acceptors (Lipinski definition) is 5. The van der Waals surface area contributed by atoms with Crippen LogP contribution in [0.4, 0.5) is 17.6 Å². The minimum Gasteiger partial charge on any atom is -0.491 e. The van der Waals surface area contributed by atoms with Crippen LogP contribution in [0.2, 0.25) is 0 Å². The van der Waals surface area contributed by atoms with Crippen molar-refractivity contribution in [1.82, 2.24) is 14.9 Å². The topological polar surface area (TPSA) is 103 Å². The van der Waals surface area contributed by atoms with Gasteiger partial charge in [0.25, 0.3) is 5.91 Å². The van der Waals surface area contributed by atoms with Crippen molar-refractivity contribution in [2.24, 2.45) is 7.05 Å². The zero-order chi connectivity index (χ0) is 24.7. The second kappa shape index (κ2) is 8.36. The van der Waals surface area contributed by atoms with Gasteiger partial charge in [-0.15, -0.1) is 13.2 Å². The van der Waals surface area contributed by atoms with Crippen LogP contribution in [0.25, 0.3) is 0 Å². The lowest BCUT2D eigenvalue weighted by Crippen LogP contribution is -2.50. The molecule has 3 aromatic rings. The van der Waals surface area contributed by atoms with Gasteiger partial charge in [-0.05, 0) is 35.9 Å². The van der Waals surface area contributed by atoms with Crippen molar-refractivity contribution in [2.45, 2.75) is 18.3 Å². The fourth-order valence-electron chi connectivity index (χ4n) is 3.88. The van der Waals surface area contributed by atoms with Gasteiger partial charge < -0.3 is 24.5 Å². The SMILES string of the molecule is Cn1cc(C(=O)N[C@]2(c3ccc(OC(F)(F)F)c(F)c3)CCOc3cccnc32)cc1C(=O)O. The van der Waals surface area contributed by atoms with Gasteiger partial charge in [-0.2, -0.15) is 0 Å². The van der Waals surface area contributed by atoms with Crippen LogP contribution in [0.3, 0.4) is 0 Å². The predicted octanol–water partition coefficient (Wildman–Crippen LogP) is 3.61. The highest BCUT2D eigenvalue weighted by molar-refractivity contribution is 5.98. The van der Waals surface area contributed by atoms with Crippen LogP contribution in [-0.2, 0) is 12.6 Å². The number of carbonyl (C=O) groups excluding carboxylic acids is 1. The van der Waals surface area contributed by atoms with E-state index in [2.05, 4.69) is 15.0 Å². The number of alkyl halides is 3. The molecule has 0 fully saturated rings. The number of fused-ring (bicyclic) bond motifs is 1. The Balaban J connectivity index is 1.80. The molecule has 0 unspecified atom stereocenters. The number of nitrogens with one attached hydrogen (secondary N) is 1. The predicted molar refractivity (Wildman–Crippen MR) is 108 cm³/mol. The molecule has 0 aliphatic carbocycles. The Bertz CT molecular complexity index is 1270. The molecule has 178 valence electrons. The Hall–Kier alpha value is -4.09. The lowest BCUT2D eigenvalue weighted by Gasteiger charge is -2.39. The zero-order valence-corrected chi connectivity index (χ0v) is 17.5. The van der Waals surface area contributed by atoms with E-state index in [1.54, 1.807) is 12.1 Å². The summed E-state index contributed by atoms with van der Waals surface area (Å²) >= 11 is 0. The number of hydrogen-bond donors (Lipinski definition) is 2. The lowest BCUT2D eigenvalue weighted by molar-refractivity contribution is -0.275. The van der Waals surface area contributed by atoms with Crippen LogP contribution in [0.5, 0.6) is 11.5 Å². The molecular formula is C22H17F4N3O5. The molecule has 0 saturated heterocycles. The first-order valence-corrected chi connectivity index (χ1v) is 9.86. The number of rotatable bonds is 5. The molecule has 3 heterocycles. The number of aryl methyl sites for hydroxylation is 1. The quantitative estimate of drug-likeness (QED) is 0.542. The number of benzene rings is 1. The molecule has 2 aromatic heterocycles. The molecule has 4 rings (SSSR count). The molecule has 2 N–H and O–H groups in total. The van der Waals surface area contributed by atoms with Crippen LogP contribution in [0, 0.1) is 5.82 Å². The molecule has 0 radical (unpaired) electrons. The van der Waals surface area contributed by atoms with E-state index >= 15 is 0 Å². The van der Waals surface area contributed by atoms with Crippen LogP contribution >= 0.6 is 0 Å². The van der Waals surface area contributed by atoms with Gasteiger partial charge >= 0.3 is 12.3 Å². The molecule has 34 heavy (non-hydrogen) atoms. The largest absolute Gasteiger partial charge is 0.573 e. The second-order valence-corrected chi connectivity index (χ2v) is 7.53. The number of aromatic carboxylic acids is 1. The van der Waals surface area contributed by atoms with Crippen molar-refractivity contribution in [1.29, 1.82) is 0 Å². The standard InChI is InChI=1S/C22H17F4N3O5/c1-29-11-12(9-15(29)20(31)32)19(30)28-21(6-8-33-17-3-2-7-27-18(17)21)13-4-5-16(14(23)10-13)34-22(24,25)26/h2-5,7,9-11H,6,8H2,1H3,(H,28,30)(H,31,32)/t21-/m0/s1. The fraction of sp³-hybridized carbons (Fsp3) is 0.227. The van der Waals surface area contributed by atoms with Gasteiger partial charge in [-0.3, -0.25) is 9.78 Å². The summed E-state index contributed by atoms with van der Waals surface area (Å²) in [5, 5.41) is 12.0. The number of pyridine rings is 1. The van der Waals surface area contributed by atoms with Crippen LogP contribution in [-0.4, -0.2) is 39.5 Å². The summed E-state index contributed by atoms with van der Waals surface area (Å²) in [5.41, 5.74) is -1.29. The third-order valence-electron chi connectivity index (χ3n) is 5.37. The zero-order valence-electron chi connectivity index (χ0n) is 17.5. The highest BCUT2D eigenvalue weighted by Crippen LogP contribution is 2.42. The van der Waals surface area contributed by atoms with Gasteiger partial charge in [0.2, 0.25) is 0 Å². The van der Waals surface area contributed by atoms with E-state index in [-0.39, 0.29) is 35.5 Å². The average Bonchev–Trinajstić information content (AvgIpc) is 3.16. The van der Waals surface area contributed by atoms with Crippen molar-refractivity contribution >= 4 is 11.9 Å². The van der Waals surface area contributed by atoms with Gasteiger partial charge in [0.05, 0.1) is 12.2 Å². The number of carbonyl (C=O) groups is 2. The van der Waals surface area contributed by atoms with E-state index in [0.717, 1.165) is 12.1 Å². The number of carboxylic acids is 1. The smallest absolute Gasteiger partial charge is 0.491 e. The molecule has 0 spiro atoms. The van der Waals surface area contributed by atoms with E-state index in [1.807, 2.05) is 0 Å². The van der Waals surface area contributed by atoms with E-state index in [4.69, 9.17) is 4.74 Å². The summed E-state index contributed by atoms with van der Waals surface area (Å²) in [4.78, 5) is 28.8. The van der Waals surface area contributed by atoms with Crippen molar-refractivity contribution in [3.8, 4) is 11.5 Å². The number of amides is 1. The molecule has 0 saturated carbocycles. The number of carboxylic acid groups (broad SMARTS) is 1. The van der Waals surface area contributed by atoms with Gasteiger partial charge in [-0.1, -0.05) is 6.07 Å². The van der Waals surface area contributed by atoms with Gasteiger partial charge in [0.1, 0.15) is 22.7 Å². The third-order valence-corrected chi connectivity index (χ3v) is 5.37. The van der Waals surface area contributed by atoms with Gasteiger partial charge in [0, 0.05) is 25.9 Å². The normalized spacial score (nSPS) is 17.4. The van der Waals surface area contributed by atoms with Crippen molar-refractivity contribution in [3.63, 3.8) is 0 Å². The van der Waals surface area contributed by atoms with Crippen LogP contribution < -0.4 is 14.8 Å². The Morgan fingerprint density at radius 2 is 2.03 bits per heavy atom. The summed E-state index contributed by atoms with van der Waals surface area (Å²) in [5.74, 6) is -3.96. The Morgan fingerprint density at radius 3 is 2.68 bits per heavy atom. The highest BCUT2D eigenvalue weighted by Gasteiger charge is 2.43. The Labute approximate surface area is 189 Å². The van der Waals surface area contributed by atoms with Crippen molar-refractivity contribution in [3.05, 3.63) is 77.1 Å². The van der Waals surface area contributed by atoms with E-state index < -0.39 is 35.3 Å². The highest BCUT2D eigenvalue weighted by atomic mass is 19.4. The molecule has 8 nitrogen and oxygen atoms in total. The first-order chi connectivity index (χ1) is 16.0. The molecular weight excluding hydrogens is 462 g/mol. The van der Waals surface area contributed by atoms with Gasteiger partial charge in [0.15, 0.2) is 11.6 Å². The Morgan fingerprint density at radius 1 is 1.26 bits per heavy atom. The summed E-state index contributed by atoms with van der Waals surface area (Å²) in [6.45, 7) is 0.0799. The molecule has 1 aliphatic heterocycles. The maximum absolute atomic E-state index is 14.6. The number of ether oxygens (including phenoxy) is 2.